The van der Waals surface area contributed by atoms with Gasteiger partial charge in [-0.1, -0.05) is 6.07 Å². The third-order valence-corrected chi connectivity index (χ3v) is 6.77. The minimum atomic E-state index is -3.14. The fraction of sp³-hybridized carbons (Fsp3) is 0.526. The van der Waals surface area contributed by atoms with E-state index in [1.54, 1.807) is 20.3 Å². The highest BCUT2D eigenvalue weighted by atomic mass is 32.2. The number of benzene rings is 1. The molecule has 9 nitrogen and oxygen atoms in total. The van der Waals surface area contributed by atoms with E-state index in [1.807, 2.05) is 12.1 Å². The fourth-order valence-electron chi connectivity index (χ4n) is 3.45. The highest BCUT2D eigenvalue weighted by Crippen LogP contribution is 2.27. The smallest absolute Gasteiger partial charge is 0.267 e. The Morgan fingerprint density at radius 1 is 1.24 bits per heavy atom. The summed E-state index contributed by atoms with van der Waals surface area (Å²) in [4.78, 5) is 24.6. The molecule has 0 saturated carbocycles. The van der Waals surface area contributed by atoms with Gasteiger partial charge < -0.3 is 14.8 Å². The van der Waals surface area contributed by atoms with Crippen LogP contribution in [-0.2, 0) is 25.8 Å². The van der Waals surface area contributed by atoms with E-state index in [2.05, 4.69) is 10.4 Å². The summed E-state index contributed by atoms with van der Waals surface area (Å²) in [5.41, 5.74) is 1.22. The number of sulfone groups is 1. The topological polar surface area (TPSA) is 114 Å². The Balaban J connectivity index is 1.59. The molecule has 1 atom stereocenters. The molecule has 2 aliphatic rings. The van der Waals surface area contributed by atoms with Crippen molar-refractivity contribution in [3.05, 3.63) is 23.8 Å². The van der Waals surface area contributed by atoms with Gasteiger partial charge in [-0.2, -0.15) is 5.10 Å². The molecule has 158 valence electrons. The van der Waals surface area contributed by atoms with Crippen LogP contribution in [0.25, 0.3) is 0 Å². The monoisotopic (exact) mass is 423 g/mol. The number of rotatable bonds is 7. The van der Waals surface area contributed by atoms with Crippen LogP contribution in [0.15, 0.2) is 23.3 Å². The van der Waals surface area contributed by atoms with Crippen LogP contribution >= 0.6 is 0 Å². The van der Waals surface area contributed by atoms with Crippen molar-refractivity contribution in [2.75, 3.05) is 32.3 Å². The van der Waals surface area contributed by atoms with Gasteiger partial charge in [0.2, 0.25) is 5.91 Å². The van der Waals surface area contributed by atoms with E-state index >= 15 is 0 Å². The van der Waals surface area contributed by atoms with E-state index < -0.39 is 15.9 Å². The van der Waals surface area contributed by atoms with Crippen molar-refractivity contribution >= 4 is 27.4 Å². The average molecular weight is 423 g/mol. The van der Waals surface area contributed by atoms with E-state index in [1.165, 1.54) is 5.01 Å². The number of carbonyl (C=O) groups excluding carboxylic acids is 2. The molecule has 0 radical (unpaired) electrons. The van der Waals surface area contributed by atoms with Crippen molar-refractivity contribution in [3.63, 3.8) is 0 Å². The summed E-state index contributed by atoms with van der Waals surface area (Å²) >= 11 is 0. The molecule has 10 heteroatoms. The van der Waals surface area contributed by atoms with Gasteiger partial charge in [-0.15, -0.1) is 0 Å². The van der Waals surface area contributed by atoms with E-state index in [0.29, 0.717) is 30.9 Å². The molecule has 1 N–H and O–H groups in total. The Morgan fingerprint density at radius 2 is 2.00 bits per heavy atom. The summed E-state index contributed by atoms with van der Waals surface area (Å²) in [6.07, 6.45) is 1.34. The van der Waals surface area contributed by atoms with E-state index in [0.717, 1.165) is 5.56 Å². The Hall–Kier alpha value is -2.62. The van der Waals surface area contributed by atoms with Gasteiger partial charge >= 0.3 is 0 Å². The Kier molecular flexibility index (Phi) is 6.41. The van der Waals surface area contributed by atoms with Crippen molar-refractivity contribution < 1.29 is 27.5 Å². The maximum atomic E-state index is 12.5. The maximum absolute atomic E-state index is 12.5. The molecule has 0 bridgehead atoms. The lowest BCUT2D eigenvalue weighted by Crippen LogP contribution is -2.44. The zero-order chi connectivity index (χ0) is 21.0. The zero-order valence-corrected chi connectivity index (χ0v) is 17.3. The van der Waals surface area contributed by atoms with E-state index in [4.69, 9.17) is 9.47 Å². The summed E-state index contributed by atoms with van der Waals surface area (Å²) < 4.78 is 33.9. The number of nitrogens with one attached hydrogen (secondary N) is 1. The average Bonchev–Trinajstić information content (AvgIpc) is 3.07. The molecule has 1 aromatic carbocycles. The van der Waals surface area contributed by atoms with Gasteiger partial charge in [-0.05, 0) is 30.5 Å². The van der Waals surface area contributed by atoms with Crippen LogP contribution in [-0.4, -0.2) is 69.3 Å². The van der Waals surface area contributed by atoms with Gasteiger partial charge in [0.15, 0.2) is 21.3 Å². The first-order chi connectivity index (χ1) is 13.8. The quantitative estimate of drug-likeness (QED) is 0.684. The number of hydrogen-bond donors (Lipinski definition) is 1. The number of hydrazone groups is 1. The SMILES string of the molecule is COc1ccc(CCNC(=O)C2=NN([C@H]3CCS(=O)(=O)C3)C(=O)CC2)cc1OC. The molecule has 1 aromatic rings. The highest BCUT2D eigenvalue weighted by molar-refractivity contribution is 7.91. The van der Waals surface area contributed by atoms with Crippen LogP contribution in [0.1, 0.15) is 24.8 Å². The number of amides is 2. The molecule has 3 rings (SSSR count). The molecule has 2 heterocycles. The van der Waals surface area contributed by atoms with E-state index in [-0.39, 0.29) is 41.9 Å². The second-order valence-corrected chi connectivity index (χ2v) is 9.27. The fourth-order valence-corrected chi connectivity index (χ4v) is 5.14. The number of nitrogens with zero attached hydrogens (tertiary/aromatic N) is 2. The summed E-state index contributed by atoms with van der Waals surface area (Å²) in [5, 5.41) is 8.18. The van der Waals surface area contributed by atoms with Crippen LogP contribution in [0.3, 0.4) is 0 Å². The van der Waals surface area contributed by atoms with Crippen molar-refractivity contribution in [2.24, 2.45) is 5.10 Å². The molecule has 1 fully saturated rings. The van der Waals surface area contributed by atoms with Gasteiger partial charge in [0.1, 0.15) is 5.71 Å². The largest absolute Gasteiger partial charge is 0.493 e. The zero-order valence-electron chi connectivity index (χ0n) is 16.5. The number of hydrogen-bond acceptors (Lipinski definition) is 7. The molecule has 2 amide bonds. The number of methoxy groups -OCH3 is 2. The summed E-state index contributed by atoms with van der Waals surface area (Å²) in [6.45, 7) is 0.388. The second-order valence-electron chi connectivity index (χ2n) is 7.04. The molecule has 0 aromatic heterocycles. The Morgan fingerprint density at radius 3 is 2.66 bits per heavy atom. The second kappa shape index (κ2) is 8.81. The molecule has 2 aliphatic heterocycles. The molecular formula is C19H25N3O6S. The van der Waals surface area contributed by atoms with Crippen molar-refractivity contribution in [2.45, 2.75) is 31.7 Å². The highest BCUT2D eigenvalue weighted by Gasteiger charge is 2.37. The van der Waals surface area contributed by atoms with Crippen LogP contribution < -0.4 is 14.8 Å². The molecule has 0 unspecified atom stereocenters. The van der Waals surface area contributed by atoms with Crippen LogP contribution in [0, 0.1) is 0 Å². The van der Waals surface area contributed by atoms with Gasteiger partial charge in [0, 0.05) is 19.4 Å². The first kappa shape index (κ1) is 21.1. The predicted molar refractivity (Wildman–Crippen MR) is 107 cm³/mol. The summed E-state index contributed by atoms with van der Waals surface area (Å²) in [7, 11) is -0.0146. The van der Waals surface area contributed by atoms with Crippen molar-refractivity contribution in [1.29, 1.82) is 0 Å². The van der Waals surface area contributed by atoms with Gasteiger partial charge in [0.05, 0.1) is 31.8 Å². The number of ether oxygens (including phenoxy) is 2. The minimum absolute atomic E-state index is 0.0455. The molecule has 1 saturated heterocycles. The van der Waals surface area contributed by atoms with Crippen LogP contribution in [0.4, 0.5) is 0 Å². The normalized spacial score (nSPS) is 20.9. The lowest BCUT2D eigenvalue weighted by Gasteiger charge is -2.27. The standard InChI is InChI=1S/C19H25N3O6S/c1-27-16-5-3-13(11-17(16)28-2)7-9-20-19(24)15-4-6-18(23)22(21-15)14-8-10-29(25,26)12-14/h3,5,11,14H,4,6-10,12H2,1-2H3,(H,20,24)/t14-/m0/s1. The first-order valence-corrected chi connectivity index (χ1v) is 11.2. The lowest BCUT2D eigenvalue weighted by molar-refractivity contribution is -0.133. The van der Waals surface area contributed by atoms with E-state index in [9.17, 15) is 18.0 Å². The van der Waals surface area contributed by atoms with Crippen LogP contribution in [0.5, 0.6) is 11.5 Å². The third kappa shape index (κ3) is 5.06. The molecule has 0 aliphatic carbocycles. The van der Waals surface area contributed by atoms with Crippen LogP contribution in [0.2, 0.25) is 0 Å². The molecule has 0 spiro atoms. The molecular weight excluding hydrogens is 398 g/mol. The minimum Gasteiger partial charge on any atom is -0.493 e. The number of carbonyl (C=O) groups is 2. The third-order valence-electron chi connectivity index (χ3n) is 5.02. The predicted octanol–water partition coefficient (Wildman–Crippen LogP) is 0.528. The van der Waals surface area contributed by atoms with Gasteiger partial charge in [-0.25, -0.2) is 13.4 Å². The van der Waals surface area contributed by atoms with Crippen molar-refractivity contribution in [1.82, 2.24) is 10.3 Å². The van der Waals surface area contributed by atoms with Crippen molar-refractivity contribution in [3.8, 4) is 11.5 Å². The Labute approximate surface area is 170 Å². The lowest BCUT2D eigenvalue weighted by atomic mass is 10.1. The maximum Gasteiger partial charge on any atom is 0.267 e. The molecule has 29 heavy (non-hydrogen) atoms. The van der Waals surface area contributed by atoms with Gasteiger partial charge in [0.25, 0.3) is 5.91 Å². The Bertz CT molecular complexity index is 928. The summed E-state index contributed by atoms with van der Waals surface area (Å²) in [5.74, 6) is 0.613. The van der Waals surface area contributed by atoms with Gasteiger partial charge in [-0.3, -0.25) is 9.59 Å². The first-order valence-electron chi connectivity index (χ1n) is 9.42. The summed E-state index contributed by atoms with van der Waals surface area (Å²) in [6, 6.07) is 5.07.